The van der Waals surface area contributed by atoms with Gasteiger partial charge in [0, 0.05) is 18.6 Å². The van der Waals surface area contributed by atoms with Gasteiger partial charge in [-0.15, -0.1) is 0 Å². The summed E-state index contributed by atoms with van der Waals surface area (Å²) in [4.78, 5) is 57.1. The summed E-state index contributed by atoms with van der Waals surface area (Å²) in [7, 11) is 0. The zero-order valence-electron chi connectivity index (χ0n) is 25.9. The minimum absolute atomic E-state index is 0.0771. The van der Waals surface area contributed by atoms with Crippen molar-refractivity contribution >= 4 is 23.6 Å². The number of carbonyl (C=O) groups excluding carboxylic acids is 4. The van der Waals surface area contributed by atoms with E-state index in [4.69, 9.17) is 9.47 Å². The van der Waals surface area contributed by atoms with Crippen LogP contribution in [0.5, 0.6) is 5.75 Å². The molecule has 4 amide bonds. The number of hydrogen-bond acceptors (Lipinski definition) is 6. The van der Waals surface area contributed by atoms with Gasteiger partial charge in [-0.2, -0.15) is 0 Å². The van der Waals surface area contributed by atoms with E-state index in [2.05, 4.69) is 10.6 Å². The van der Waals surface area contributed by atoms with Crippen molar-refractivity contribution in [3.63, 3.8) is 0 Å². The molecule has 0 radical (unpaired) electrons. The molecule has 1 saturated carbocycles. The standard InChI is InChI=1S/C34H44N4O6/c1-23(2)20-26(35-31(40)25-12-7-8-14-28(25)44-22-30(39)36-34(3)15-16-34)32(41)38-17-9-13-27(38)33(42)37-18-19-43-29(21-37)24-10-5-4-6-11-24/h4-8,10-12,14,23,26-27,29H,9,13,15-22H2,1-3H3,(H,35,40)(H,36,39)/t26-,27-,29-/m1/s1. The maximum atomic E-state index is 14.0. The Balaban J connectivity index is 1.25. The van der Waals surface area contributed by atoms with E-state index in [0.29, 0.717) is 45.5 Å². The molecule has 2 N–H and O–H groups in total. The summed E-state index contributed by atoms with van der Waals surface area (Å²) in [5, 5.41) is 5.87. The summed E-state index contributed by atoms with van der Waals surface area (Å²) in [5.41, 5.74) is 1.10. The summed E-state index contributed by atoms with van der Waals surface area (Å²) in [6.07, 6.45) is 3.38. The van der Waals surface area contributed by atoms with Crippen LogP contribution in [0.25, 0.3) is 0 Å². The van der Waals surface area contributed by atoms with Gasteiger partial charge in [-0.25, -0.2) is 0 Å². The van der Waals surface area contributed by atoms with E-state index in [1.54, 1.807) is 34.1 Å². The van der Waals surface area contributed by atoms with Crippen LogP contribution in [0.1, 0.15) is 74.9 Å². The average Bonchev–Trinajstić information content (AvgIpc) is 3.54. The summed E-state index contributed by atoms with van der Waals surface area (Å²) in [6.45, 7) is 7.56. The Morgan fingerprint density at radius 2 is 1.75 bits per heavy atom. The second-order valence-corrected chi connectivity index (χ2v) is 12.8. The van der Waals surface area contributed by atoms with Crippen LogP contribution in [0.3, 0.4) is 0 Å². The largest absolute Gasteiger partial charge is 0.483 e. The maximum absolute atomic E-state index is 14.0. The van der Waals surface area contributed by atoms with Crippen LogP contribution in [0, 0.1) is 5.92 Å². The van der Waals surface area contributed by atoms with Gasteiger partial charge in [0.2, 0.25) is 11.8 Å². The lowest BCUT2D eigenvalue weighted by Gasteiger charge is -2.37. The molecule has 2 aromatic carbocycles. The third kappa shape index (κ3) is 7.77. The number of carbonyl (C=O) groups is 4. The highest BCUT2D eigenvalue weighted by molar-refractivity contribution is 6.00. The quantitative estimate of drug-likeness (QED) is 0.406. The second kappa shape index (κ2) is 13.8. The molecular weight excluding hydrogens is 560 g/mol. The highest BCUT2D eigenvalue weighted by atomic mass is 16.5. The summed E-state index contributed by atoms with van der Waals surface area (Å²) in [5.74, 6) is -0.654. The third-order valence-corrected chi connectivity index (χ3v) is 8.61. The van der Waals surface area contributed by atoms with Gasteiger partial charge >= 0.3 is 0 Å². The lowest BCUT2D eigenvalue weighted by molar-refractivity contribution is -0.149. The van der Waals surface area contributed by atoms with Crippen LogP contribution in [-0.4, -0.2) is 83.9 Å². The first-order valence-corrected chi connectivity index (χ1v) is 15.7. The number of ether oxygens (including phenoxy) is 2. The summed E-state index contributed by atoms with van der Waals surface area (Å²) in [6, 6.07) is 15.2. The van der Waals surface area contributed by atoms with Crippen LogP contribution in [0.15, 0.2) is 54.6 Å². The van der Waals surface area contributed by atoms with Crippen molar-refractivity contribution in [1.29, 1.82) is 0 Å². The number of para-hydroxylation sites is 1. The number of morpholine rings is 1. The first-order chi connectivity index (χ1) is 21.1. The Labute approximate surface area is 259 Å². The molecule has 2 aromatic rings. The fourth-order valence-electron chi connectivity index (χ4n) is 5.95. The fraction of sp³-hybridized carbons (Fsp3) is 0.529. The van der Waals surface area contributed by atoms with Gasteiger partial charge in [0.15, 0.2) is 6.61 Å². The molecule has 10 nitrogen and oxygen atoms in total. The smallest absolute Gasteiger partial charge is 0.258 e. The molecule has 2 saturated heterocycles. The second-order valence-electron chi connectivity index (χ2n) is 12.8. The van der Waals surface area contributed by atoms with E-state index in [1.807, 2.05) is 51.1 Å². The molecule has 10 heteroatoms. The molecule has 44 heavy (non-hydrogen) atoms. The van der Waals surface area contributed by atoms with E-state index < -0.39 is 18.0 Å². The monoisotopic (exact) mass is 604 g/mol. The van der Waals surface area contributed by atoms with Crippen molar-refractivity contribution in [1.82, 2.24) is 20.4 Å². The molecule has 3 atom stereocenters. The van der Waals surface area contributed by atoms with Gasteiger partial charge in [0.1, 0.15) is 23.9 Å². The molecule has 0 bridgehead atoms. The van der Waals surface area contributed by atoms with Crippen molar-refractivity contribution in [3.8, 4) is 5.75 Å². The predicted molar refractivity (Wildman–Crippen MR) is 165 cm³/mol. The Morgan fingerprint density at radius 1 is 1.02 bits per heavy atom. The van der Waals surface area contributed by atoms with Crippen LogP contribution in [0.2, 0.25) is 0 Å². The topological polar surface area (TPSA) is 117 Å². The van der Waals surface area contributed by atoms with Crippen molar-refractivity contribution in [2.75, 3.05) is 32.8 Å². The van der Waals surface area contributed by atoms with Gasteiger partial charge < -0.3 is 29.9 Å². The van der Waals surface area contributed by atoms with Gasteiger partial charge in [-0.1, -0.05) is 56.3 Å². The Kier molecular flexibility index (Phi) is 9.88. The average molecular weight is 605 g/mol. The lowest BCUT2D eigenvalue weighted by Crippen LogP contribution is -2.55. The molecule has 2 aliphatic heterocycles. The summed E-state index contributed by atoms with van der Waals surface area (Å²) >= 11 is 0. The van der Waals surface area contributed by atoms with E-state index in [0.717, 1.165) is 18.4 Å². The van der Waals surface area contributed by atoms with Crippen LogP contribution in [-0.2, 0) is 19.1 Å². The fourth-order valence-corrected chi connectivity index (χ4v) is 5.95. The molecule has 0 aromatic heterocycles. The molecule has 1 aliphatic carbocycles. The minimum Gasteiger partial charge on any atom is -0.483 e. The third-order valence-electron chi connectivity index (χ3n) is 8.61. The SMILES string of the molecule is CC(C)C[C@@H](NC(=O)c1ccccc1OCC(=O)NC1(C)CC1)C(=O)N1CCC[C@@H]1C(=O)N1CCO[C@@H](c2ccccc2)C1. The van der Waals surface area contributed by atoms with E-state index in [-0.39, 0.29) is 53.2 Å². The van der Waals surface area contributed by atoms with Crippen molar-refractivity contribution in [2.45, 2.75) is 76.6 Å². The van der Waals surface area contributed by atoms with Crippen molar-refractivity contribution in [2.24, 2.45) is 5.92 Å². The van der Waals surface area contributed by atoms with Crippen LogP contribution < -0.4 is 15.4 Å². The normalized spacial score (nSPS) is 21.5. The van der Waals surface area contributed by atoms with E-state index in [9.17, 15) is 19.2 Å². The van der Waals surface area contributed by atoms with Crippen molar-refractivity contribution < 1.29 is 28.7 Å². The number of hydrogen-bond donors (Lipinski definition) is 2. The number of nitrogens with one attached hydrogen (secondary N) is 2. The zero-order chi connectivity index (χ0) is 31.3. The molecule has 5 rings (SSSR count). The molecule has 0 unspecified atom stereocenters. The highest BCUT2D eigenvalue weighted by Crippen LogP contribution is 2.34. The Bertz CT molecular complexity index is 1340. The maximum Gasteiger partial charge on any atom is 0.258 e. The molecule has 2 heterocycles. The molecular formula is C34H44N4O6. The number of likely N-dealkylation sites (tertiary alicyclic amines) is 1. The molecule has 236 valence electrons. The van der Waals surface area contributed by atoms with Gasteiger partial charge in [0.05, 0.1) is 18.7 Å². The Hall–Kier alpha value is -3.92. The first-order valence-electron chi connectivity index (χ1n) is 15.7. The number of benzene rings is 2. The van der Waals surface area contributed by atoms with Gasteiger partial charge in [-0.3, -0.25) is 19.2 Å². The highest BCUT2D eigenvalue weighted by Gasteiger charge is 2.41. The summed E-state index contributed by atoms with van der Waals surface area (Å²) < 4.78 is 11.7. The predicted octanol–water partition coefficient (Wildman–Crippen LogP) is 3.47. The number of amides is 4. The van der Waals surface area contributed by atoms with Gasteiger partial charge in [-0.05, 0) is 62.6 Å². The molecule has 3 fully saturated rings. The first kappa shape index (κ1) is 31.5. The van der Waals surface area contributed by atoms with Crippen LogP contribution in [0.4, 0.5) is 0 Å². The molecule has 3 aliphatic rings. The lowest BCUT2D eigenvalue weighted by atomic mass is 10.0. The Morgan fingerprint density at radius 3 is 2.48 bits per heavy atom. The number of rotatable bonds is 11. The number of nitrogens with zero attached hydrogens (tertiary/aromatic N) is 2. The van der Waals surface area contributed by atoms with Gasteiger partial charge in [0.25, 0.3) is 11.8 Å². The minimum atomic E-state index is -0.816. The van der Waals surface area contributed by atoms with E-state index >= 15 is 0 Å². The van der Waals surface area contributed by atoms with Crippen LogP contribution >= 0.6 is 0 Å². The zero-order valence-corrected chi connectivity index (χ0v) is 25.9. The van der Waals surface area contributed by atoms with E-state index in [1.165, 1.54) is 0 Å². The molecule has 0 spiro atoms. The van der Waals surface area contributed by atoms with Crippen molar-refractivity contribution in [3.05, 3.63) is 65.7 Å².